The molecule has 1 N–H and O–H groups in total. The van der Waals surface area contributed by atoms with Gasteiger partial charge in [-0.3, -0.25) is 0 Å². The van der Waals surface area contributed by atoms with E-state index in [1.165, 1.54) is 26.8 Å². The van der Waals surface area contributed by atoms with Crippen LogP contribution in [0, 0.1) is 6.92 Å². The Morgan fingerprint density at radius 2 is 2.44 bits per heavy atom. The number of hydrogen-bond donors (Lipinski definition) is 1. The molecule has 2 heteroatoms. The van der Waals surface area contributed by atoms with E-state index in [9.17, 15) is 0 Å². The van der Waals surface area contributed by atoms with Crippen LogP contribution < -0.4 is 0 Å². The van der Waals surface area contributed by atoms with Crippen LogP contribution >= 0.6 is 8.35 Å². The highest BCUT2D eigenvalue weighted by atomic mass is 31.0. The van der Waals surface area contributed by atoms with E-state index in [0.29, 0.717) is 0 Å². The van der Waals surface area contributed by atoms with Crippen LogP contribution in [0.15, 0.2) is 6.20 Å². The molecule has 0 aliphatic carbocycles. The fourth-order valence-corrected chi connectivity index (χ4v) is 1.86. The van der Waals surface area contributed by atoms with Crippen molar-refractivity contribution in [3.63, 3.8) is 0 Å². The van der Waals surface area contributed by atoms with Gasteiger partial charge >= 0.3 is 0 Å². The van der Waals surface area contributed by atoms with Crippen LogP contribution in [0.1, 0.15) is 24.2 Å². The van der Waals surface area contributed by atoms with E-state index in [-0.39, 0.29) is 0 Å². The molecule has 0 aliphatic heterocycles. The molecular formula is C7H12NP. The number of hydrogen-bond acceptors (Lipinski definition) is 0. The lowest BCUT2D eigenvalue weighted by Gasteiger charge is -1.91. The van der Waals surface area contributed by atoms with Gasteiger partial charge in [0.05, 0.1) is 0 Å². The van der Waals surface area contributed by atoms with Gasteiger partial charge in [-0.15, -0.1) is 0 Å². The summed E-state index contributed by atoms with van der Waals surface area (Å²) < 4.78 is 3.18. The van der Waals surface area contributed by atoms with Crippen molar-refractivity contribution in [2.24, 2.45) is 0 Å². The number of rotatable bonds is 2. The average Bonchev–Trinajstić information content (AvgIpc) is 2.18. The second kappa shape index (κ2) is 3.03. The molecule has 0 aromatic carbocycles. The number of H-pyrrole nitrogens is 1. The summed E-state index contributed by atoms with van der Waals surface area (Å²) in [5, 5.41) is 1.55. The standard InChI is InChI=1S/C7H12NP/c1-3-4-7-6(2)5-8-9-7/h5,8H,3-4H2,1-2H3. The first-order valence-corrected chi connectivity index (χ1v) is 4.23. The number of aromatic nitrogens is 1. The Kier molecular flexibility index (Phi) is 2.29. The zero-order valence-corrected chi connectivity index (χ0v) is 6.83. The van der Waals surface area contributed by atoms with Crippen LogP contribution in [0.4, 0.5) is 0 Å². The number of nitrogens with one attached hydrogen (secondary N) is 1. The first-order chi connectivity index (χ1) is 4.34. The van der Waals surface area contributed by atoms with Crippen LogP contribution in [0.5, 0.6) is 0 Å². The molecular weight excluding hydrogens is 129 g/mol. The largest absolute Gasteiger partial charge is 0.344 e. The van der Waals surface area contributed by atoms with Gasteiger partial charge in [-0.2, -0.15) is 0 Å². The van der Waals surface area contributed by atoms with Crippen molar-refractivity contribution in [3.8, 4) is 0 Å². The monoisotopic (exact) mass is 141 g/mol. The van der Waals surface area contributed by atoms with Gasteiger partial charge in [0.2, 0.25) is 0 Å². The fourth-order valence-electron chi connectivity index (χ4n) is 0.868. The summed E-state index contributed by atoms with van der Waals surface area (Å²) >= 11 is 0. The average molecular weight is 141 g/mol. The van der Waals surface area contributed by atoms with E-state index in [1.807, 2.05) is 0 Å². The van der Waals surface area contributed by atoms with Gasteiger partial charge < -0.3 is 4.75 Å². The van der Waals surface area contributed by atoms with Gasteiger partial charge in [-0.05, 0) is 18.9 Å². The molecule has 1 aromatic rings. The Balaban J connectivity index is 2.69. The smallest absolute Gasteiger partial charge is 0.0141 e. The molecule has 0 unspecified atom stereocenters. The minimum Gasteiger partial charge on any atom is -0.344 e. The zero-order valence-electron chi connectivity index (χ0n) is 5.94. The molecule has 0 saturated carbocycles. The second-order valence-electron chi connectivity index (χ2n) is 2.26. The molecule has 0 amide bonds. The minimum atomic E-state index is 1.25. The summed E-state index contributed by atoms with van der Waals surface area (Å²) in [6, 6.07) is 0. The van der Waals surface area contributed by atoms with E-state index in [1.54, 1.807) is 5.30 Å². The summed E-state index contributed by atoms with van der Waals surface area (Å²) in [5.41, 5.74) is 1.43. The summed E-state index contributed by atoms with van der Waals surface area (Å²) in [7, 11) is 1.31. The predicted octanol–water partition coefficient (Wildman–Crippen LogP) is 2.86. The van der Waals surface area contributed by atoms with E-state index < -0.39 is 0 Å². The highest BCUT2D eigenvalue weighted by Crippen LogP contribution is 2.17. The molecule has 50 valence electrons. The Labute approximate surface area is 57.7 Å². The molecule has 1 nitrogen and oxygen atoms in total. The molecule has 0 aliphatic rings. The first-order valence-electron chi connectivity index (χ1n) is 3.34. The number of aryl methyl sites for hydroxylation is 2. The fraction of sp³-hybridized carbons (Fsp3) is 0.571. The lowest BCUT2D eigenvalue weighted by Crippen LogP contribution is -1.77. The molecule has 1 aromatic heterocycles. The van der Waals surface area contributed by atoms with E-state index in [0.717, 1.165) is 0 Å². The molecule has 0 radical (unpaired) electrons. The Hall–Kier alpha value is -0.290. The van der Waals surface area contributed by atoms with Crippen LogP contribution in [0.3, 0.4) is 0 Å². The Morgan fingerprint density at radius 1 is 1.67 bits per heavy atom. The van der Waals surface area contributed by atoms with E-state index in [2.05, 4.69) is 24.8 Å². The van der Waals surface area contributed by atoms with Crippen molar-refractivity contribution in [1.82, 2.24) is 4.75 Å². The highest BCUT2D eigenvalue weighted by molar-refractivity contribution is 7.26. The highest BCUT2D eigenvalue weighted by Gasteiger charge is 1.95. The summed E-state index contributed by atoms with van der Waals surface area (Å²) in [6.07, 6.45) is 4.60. The maximum Gasteiger partial charge on any atom is 0.0141 e. The summed E-state index contributed by atoms with van der Waals surface area (Å²) in [5.74, 6) is 0. The van der Waals surface area contributed by atoms with Gasteiger partial charge in [0.25, 0.3) is 0 Å². The van der Waals surface area contributed by atoms with Crippen molar-refractivity contribution >= 4 is 8.35 Å². The van der Waals surface area contributed by atoms with E-state index in [4.69, 9.17) is 0 Å². The van der Waals surface area contributed by atoms with Crippen molar-refractivity contribution < 1.29 is 0 Å². The molecule has 0 saturated heterocycles. The zero-order chi connectivity index (χ0) is 6.69. The lowest BCUT2D eigenvalue weighted by atomic mass is 10.2. The first kappa shape index (κ1) is 6.82. The van der Waals surface area contributed by atoms with Crippen LogP contribution in [0.25, 0.3) is 0 Å². The topological polar surface area (TPSA) is 15.8 Å². The minimum absolute atomic E-state index is 1.25. The van der Waals surface area contributed by atoms with Gasteiger partial charge in [0, 0.05) is 19.8 Å². The van der Waals surface area contributed by atoms with Crippen molar-refractivity contribution in [3.05, 3.63) is 17.1 Å². The SMILES string of the molecule is CCCc1p[nH]cc1C. The normalized spacial score (nSPS) is 10.9. The Morgan fingerprint density at radius 3 is 2.89 bits per heavy atom. The molecule has 1 rings (SSSR count). The molecule has 9 heavy (non-hydrogen) atoms. The molecule has 0 bridgehead atoms. The lowest BCUT2D eigenvalue weighted by molar-refractivity contribution is 0.933. The van der Waals surface area contributed by atoms with Gasteiger partial charge in [-0.25, -0.2) is 0 Å². The summed E-state index contributed by atoms with van der Waals surface area (Å²) in [6.45, 7) is 4.38. The third-order valence-electron chi connectivity index (χ3n) is 1.42. The number of aromatic amines is 1. The molecule has 0 fully saturated rings. The maximum absolute atomic E-state index is 3.18. The van der Waals surface area contributed by atoms with Crippen LogP contribution in [-0.2, 0) is 6.42 Å². The third-order valence-corrected chi connectivity index (χ3v) is 2.53. The molecule has 0 atom stereocenters. The van der Waals surface area contributed by atoms with Crippen LogP contribution in [0.2, 0.25) is 0 Å². The van der Waals surface area contributed by atoms with Crippen molar-refractivity contribution in [2.45, 2.75) is 26.7 Å². The van der Waals surface area contributed by atoms with Gasteiger partial charge in [0.1, 0.15) is 0 Å². The second-order valence-corrected chi connectivity index (χ2v) is 3.29. The third kappa shape index (κ3) is 1.56. The van der Waals surface area contributed by atoms with Crippen LogP contribution in [-0.4, -0.2) is 4.75 Å². The van der Waals surface area contributed by atoms with Crippen molar-refractivity contribution in [2.75, 3.05) is 0 Å². The quantitative estimate of drug-likeness (QED) is 0.651. The molecule has 0 spiro atoms. The summed E-state index contributed by atoms with van der Waals surface area (Å²) in [4.78, 5) is 0. The van der Waals surface area contributed by atoms with Gasteiger partial charge in [-0.1, -0.05) is 13.3 Å². The van der Waals surface area contributed by atoms with Crippen molar-refractivity contribution in [1.29, 1.82) is 0 Å². The predicted molar refractivity (Wildman–Crippen MR) is 42.0 cm³/mol. The maximum atomic E-state index is 3.18. The molecule has 1 heterocycles. The van der Waals surface area contributed by atoms with Gasteiger partial charge in [0.15, 0.2) is 0 Å². The Bertz CT molecular complexity index is 181. The van der Waals surface area contributed by atoms with E-state index >= 15 is 0 Å².